The van der Waals surface area contributed by atoms with Gasteiger partial charge in [-0.3, -0.25) is 4.79 Å². The van der Waals surface area contributed by atoms with E-state index in [1.807, 2.05) is 0 Å². The van der Waals surface area contributed by atoms with E-state index >= 15 is 0 Å². The smallest absolute Gasteiger partial charge is 0.187 e. The quantitative estimate of drug-likeness (QED) is 0.787. The minimum absolute atomic E-state index is 0.0602. The van der Waals surface area contributed by atoms with Crippen molar-refractivity contribution in [3.05, 3.63) is 23.3 Å². The Kier molecular flexibility index (Phi) is 4.02. The van der Waals surface area contributed by atoms with Crippen molar-refractivity contribution in [1.29, 1.82) is 0 Å². The van der Waals surface area contributed by atoms with Gasteiger partial charge in [-0.25, -0.2) is 17.2 Å². The summed E-state index contributed by atoms with van der Waals surface area (Å²) in [6, 6.07) is 0.493. The SMILES string of the molecule is CS(=O)(=O)c1c(F)cc(C(=O)CCN)c(O)c1F. The maximum Gasteiger partial charge on any atom is 0.187 e. The molecule has 0 spiro atoms. The average Bonchev–Trinajstić information content (AvgIpc) is 2.21. The molecule has 8 heteroatoms. The molecule has 1 rings (SSSR count). The molecule has 0 amide bonds. The van der Waals surface area contributed by atoms with E-state index in [2.05, 4.69) is 0 Å². The Hall–Kier alpha value is -1.54. The third-order valence-electron chi connectivity index (χ3n) is 2.19. The minimum atomic E-state index is -4.19. The zero-order valence-corrected chi connectivity index (χ0v) is 10.2. The van der Waals surface area contributed by atoms with Gasteiger partial charge in [0.25, 0.3) is 0 Å². The maximum absolute atomic E-state index is 13.6. The Morgan fingerprint density at radius 3 is 2.44 bits per heavy atom. The lowest BCUT2D eigenvalue weighted by atomic mass is 10.1. The molecule has 0 aliphatic carbocycles. The van der Waals surface area contributed by atoms with E-state index in [1.54, 1.807) is 0 Å². The highest BCUT2D eigenvalue weighted by Crippen LogP contribution is 2.30. The normalized spacial score (nSPS) is 11.6. The predicted octanol–water partition coefficient (Wildman–Crippen LogP) is 0.605. The highest BCUT2D eigenvalue weighted by molar-refractivity contribution is 7.90. The van der Waals surface area contributed by atoms with Gasteiger partial charge in [0.15, 0.2) is 27.2 Å². The first kappa shape index (κ1) is 14.5. The summed E-state index contributed by atoms with van der Waals surface area (Å²) in [6.45, 7) is -0.0602. The van der Waals surface area contributed by atoms with Gasteiger partial charge in [-0.1, -0.05) is 0 Å². The number of sulfone groups is 1. The highest BCUT2D eigenvalue weighted by Gasteiger charge is 2.27. The van der Waals surface area contributed by atoms with E-state index in [1.165, 1.54) is 0 Å². The van der Waals surface area contributed by atoms with Crippen LogP contribution in [-0.2, 0) is 9.84 Å². The zero-order chi connectivity index (χ0) is 14.1. The summed E-state index contributed by atoms with van der Waals surface area (Å²) < 4.78 is 49.3. The number of hydrogen-bond acceptors (Lipinski definition) is 5. The van der Waals surface area contributed by atoms with Gasteiger partial charge in [-0.2, -0.15) is 0 Å². The van der Waals surface area contributed by atoms with E-state index in [0.29, 0.717) is 12.3 Å². The van der Waals surface area contributed by atoms with Gasteiger partial charge in [0.05, 0.1) is 5.56 Å². The summed E-state index contributed by atoms with van der Waals surface area (Å²) in [6.07, 6.45) is 0.375. The van der Waals surface area contributed by atoms with E-state index in [4.69, 9.17) is 5.73 Å². The molecule has 100 valence electrons. The first-order chi connectivity index (χ1) is 8.20. The lowest BCUT2D eigenvalue weighted by Gasteiger charge is -2.08. The van der Waals surface area contributed by atoms with Crippen molar-refractivity contribution in [2.75, 3.05) is 12.8 Å². The summed E-state index contributed by atoms with van der Waals surface area (Å²) in [5.41, 5.74) is 4.48. The van der Waals surface area contributed by atoms with Crippen molar-refractivity contribution in [3.63, 3.8) is 0 Å². The molecule has 0 aliphatic rings. The molecule has 5 nitrogen and oxygen atoms in total. The number of benzene rings is 1. The summed E-state index contributed by atoms with van der Waals surface area (Å²) in [4.78, 5) is 10.1. The number of Topliss-reactive ketones (excluding diaryl/α,β-unsaturated/α-hetero) is 1. The van der Waals surface area contributed by atoms with E-state index in [-0.39, 0.29) is 13.0 Å². The van der Waals surface area contributed by atoms with Crippen LogP contribution in [0.2, 0.25) is 0 Å². The number of ketones is 1. The summed E-state index contributed by atoms with van der Waals surface area (Å²) in [7, 11) is -4.19. The fraction of sp³-hybridized carbons (Fsp3) is 0.300. The number of hydrogen-bond donors (Lipinski definition) is 2. The summed E-state index contributed by atoms with van der Waals surface area (Å²) in [5, 5.41) is 9.40. The standard InChI is InChI=1S/C10H11F2NO4S/c1-18(16,17)10-6(11)4-5(7(14)2-3-13)9(15)8(10)12/h4,15H,2-3,13H2,1H3. The van der Waals surface area contributed by atoms with Crippen molar-refractivity contribution in [2.45, 2.75) is 11.3 Å². The van der Waals surface area contributed by atoms with Gasteiger partial charge in [0.2, 0.25) is 0 Å². The third-order valence-corrected chi connectivity index (χ3v) is 3.31. The van der Waals surface area contributed by atoms with E-state index in [0.717, 1.165) is 0 Å². The first-order valence-electron chi connectivity index (χ1n) is 4.84. The molecule has 3 N–H and O–H groups in total. The highest BCUT2D eigenvalue weighted by atomic mass is 32.2. The van der Waals surface area contributed by atoms with Crippen LogP contribution in [0.1, 0.15) is 16.8 Å². The summed E-state index contributed by atoms with van der Waals surface area (Å²) in [5.74, 6) is -5.05. The second-order valence-corrected chi connectivity index (χ2v) is 5.58. The minimum Gasteiger partial charge on any atom is -0.504 e. The average molecular weight is 279 g/mol. The number of aromatic hydroxyl groups is 1. The van der Waals surface area contributed by atoms with Crippen LogP contribution in [0.15, 0.2) is 11.0 Å². The number of phenolic OH excluding ortho intramolecular Hbond substituents is 1. The number of rotatable bonds is 4. The Bertz CT molecular complexity index is 598. The number of halogens is 2. The van der Waals surface area contributed by atoms with Crippen molar-refractivity contribution >= 4 is 15.6 Å². The lowest BCUT2D eigenvalue weighted by molar-refractivity contribution is 0.0981. The van der Waals surface area contributed by atoms with Crippen LogP contribution in [0.5, 0.6) is 5.75 Å². The van der Waals surface area contributed by atoms with E-state index < -0.39 is 43.5 Å². The van der Waals surface area contributed by atoms with Gasteiger partial charge >= 0.3 is 0 Å². The van der Waals surface area contributed by atoms with Gasteiger partial charge < -0.3 is 10.8 Å². The van der Waals surface area contributed by atoms with Crippen LogP contribution in [0.3, 0.4) is 0 Å². The number of carbonyl (C=O) groups excluding carboxylic acids is 1. The Morgan fingerprint density at radius 1 is 1.44 bits per heavy atom. The molecule has 0 aromatic heterocycles. The van der Waals surface area contributed by atoms with Gasteiger partial charge in [-0.15, -0.1) is 0 Å². The molecular weight excluding hydrogens is 268 g/mol. The third kappa shape index (κ3) is 2.65. The van der Waals surface area contributed by atoms with Crippen LogP contribution in [0.4, 0.5) is 8.78 Å². The Balaban J connectivity index is 3.52. The maximum atomic E-state index is 13.6. The van der Waals surface area contributed by atoms with Crippen molar-refractivity contribution < 1.29 is 27.1 Å². The van der Waals surface area contributed by atoms with Crippen LogP contribution < -0.4 is 5.73 Å². The molecule has 0 fully saturated rings. The fourth-order valence-corrected chi connectivity index (χ4v) is 2.24. The van der Waals surface area contributed by atoms with Crippen LogP contribution in [0.25, 0.3) is 0 Å². The topological polar surface area (TPSA) is 97.5 Å². The number of phenols is 1. The van der Waals surface area contributed by atoms with E-state index in [9.17, 15) is 27.1 Å². The molecule has 0 radical (unpaired) electrons. The fourth-order valence-electron chi connectivity index (χ4n) is 1.41. The first-order valence-corrected chi connectivity index (χ1v) is 6.73. The van der Waals surface area contributed by atoms with Crippen LogP contribution >= 0.6 is 0 Å². The molecule has 0 heterocycles. The molecular formula is C10H11F2NO4S. The summed E-state index contributed by atoms with van der Waals surface area (Å²) >= 11 is 0. The van der Waals surface area contributed by atoms with Crippen molar-refractivity contribution in [2.24, 2.45) is 5.73 Å². The van der Waals surface area contributed by atoms with Gasteiger partial charge in [0.1, 0.15) is 10.7 Å². The predicted molar refractivity (Wildman–Crippen MR) is 59.1 cm³/mol. The van der Waals surface area contributed by atoms with Crippen LogP contribution in [0, 0.1) is 11.6 Å². The monoisotopic (exact) mass is 279 g/mol. The molecule has 1 aromatic carbocycles. The van der Waals surface area contributed by atoms with Gasteiger partial charge in [-0.05, 0) is 12.6 Å². The molecule has 0 saturated heterocycles. The molecule has 0 unspecified atom stereocenters. The molecule has 0 atom stereocenters. The van der Waals surface area contributed by atoms with Gasteiger partial charge in [0, 0.05) is 12.7 Å². The largest absolute Gasteiger partial charge is 0.504 e. The van der Waals surface area contributed by atoms with Crippen molar-refractivity contribution in [1.82, 2.24) is 0 Å². The molecule has 1 aromatic rings. The number of carbonyl (C=O) groups is 1. The zero-order valence-electron chi connectivity index (χ0n) is 9.41. The molecule has 0 bridgehead atoms. The molecule has 18 heavy (non-hydrogen) atoms. The second-order valence-electron chi connectivity index (χ2n) is 3.63. The Morgan fingerprint density at radius 2 is 2.00 bits per heavy atom. The van der Waals surface area contributed by atoms with Crippen LogP contribution in [-0.4, -0.2) is 32.1 Å². The lowest BCUT2D eigenvalue weighted by Crippen LogP contribution is -2.12. The molecule has 0 aliphatic heterocycles. The second kappa shape index (κ2) is 4.99. The molecule has 0 saturated carbocycles. The number of nitrogens with two attached hydrogens (primary N) is 1. The van der Waals surface area contributed by atoms with Crippen molar-refractivity contribution in [3.8, 4) is 5.75 Å². The Labute approximate surface area is 102 Å².